The van der Waals surface area contributed by atoms with Gasteiger partial charge in [0.05, 0.1) is 6.20 Å². The maximum absolute atomic E-state index is 9.56. The number of aromatic amines is 1. The molecule has 1 atom stereocenters. The monoisotopic (exact) mass is 483 g/mol. The first kappa shape index (κ1) is 21.8. The summed E-state index contributed by atoms with van der Waals surface area (Å²) in [4.78, 5) is 24.6. The number of imidazole rings is 1. The number of rotatable bonds is 4. The van der Waals surface area contributed by atoms with Crippen LogP contribution in [0.3, 0.4) is 0 Å². The Bertz CT molecular complexity index is 1450. The van der Waals surface area contributed by atoms with Gasteiger partial charge in [0.2, 0.25) is 5.95 Å². The third kappa shape index (κ3) is 3.68. The second kappa shape index (κ2) is 8.52. The number of benzene rings is 1. The molecule has 6 rings (SSSR count). The smallest absolute Gasteiger partial charge is 0.206 e. The second-order valence-corrected chi connectivity index (χ2v) is 10.2. The van der Waals surface area contributed by atoms with Crippen LogP contribution in [0.2, 0.25) is 0 Å². The summed E-state index contributed by atoms with van der Waals surface area (Å²) in [5, 5.41) is 13.2. The molecule has 0 radical (unpaired) electrons. The molecule has 4 N–H and O–H groups in total. The van der Waals surface area contributed by atoms with Crippen molar-refractivity contribution in [1.29, 1.82) is 5.26 Å². The quantitative estimate of drug-likeness (QED) is 0.398. The molecular weight excluding hydrogens is 458 g/mol. The van der Waals surface area contributed by atoms with Crippen molar-refractivity contribution < 1.29 is 0 Å². The molecule has 1 aromatic carbocycles. The van der Waals surface area contributed by atoms with E-state index < -0.39 is 0 Å². The number of pyridine rings is 1. The third-order valence-electron chi connectivity index (χ3n) is 7.30. The van der Waals surface area contributed by atoms with E-state index in [0.29, 0.717) is 27.7 Å². The van der Waals surface area contributed by atoms with Gasteiger partial charge in [-0.3, -0.25) is 0 Å². The van der Waals surface area contributed by atoms with Crippen LogP contribution in [0.15, 0.2) is 52.6 Å². The maximum atomic E-state index is 9.56. The Hall–Kier alpha value is -3.68. The van der Waals surface area contributed by atoms with Gasteiger partial charge in [-0.15, -0.1) is 0 Å². The molecule has 1 saturated heterocycles. The summed E-state index contributed by atoms with van der Waals surface area (Å²) >= 11 is 1.38. The summed E-state index contributed by atoms with van der Waals surface area (Å²) in [7, 11) is 1.75. The Morgan fingerprint density at radius 3 is 2.80 bits per heavy atom. The molecule has 4 heterocycles. The summed E-state index contributed by atoms with van der Waals surface area (Å²) in [5.41, 5.74) is 11.3. The summed E-state index contributed by atoms with van der Waals surface area (Å²) in [5.74, 6) is 1.33. The molecule has 35 heavy (non-hydrogen) atoms. The van der Waals surface area contributed by atoms with Crippen LogP contribution in [0.1, 0.15) is 35.6 Å². The number of hydrogen-bond acceptors (Lipinski definition) is 9. The molecule has 1 aliphatic carbocycles. The van der Waals surface area contributed by atoms with E-state index in [9.17, 15) is 5.26 Å². The number of aromatic nitrogens is 5. The van der Waals surface area contributed by atoms with E-state index in [2.05, 4.69) is 60.5 Å². The van der Waals surface area contributed by atoms with Gasteiger partial charge in [-0.2, -0.15) is 10.2 Å². The highest BCUT2D eigenvalue weighted by Crippen LogP contribution is 2.50. The van der Waals surface area contributed by atoms with Crippen molar-refractivity contribution in [1.82, 2.24) is 24.9 Å². The topological polar surface area (TPSA) is 132 Å². The number of hydrogen-bond donors (Lipinski definition) is 3. The molecule has 2 aliphatic rings. The van der Waals surface area contributed by atoms with E-state index in [1.165, 1.54) is 22.9 Å². The summed E-state index contributed by atoms with van der Waals surface area (Å²) in [6.07, 6.45) is 6.47. The molecule has 0 amide bonds. The number of anilines is 2. The Labute approximate surface area is 207 Å². The number of fused-ring (bicyclic) bond motifs is 2. The molecule has 4 aromatic rings. The van der Waals surface area contributed by atoms with Crippen LogP contribution in [-0.2, 0) is 6.42 Å². The van der Waals surface area contributed by atoms with Gasteiger partial charge in [-0.05, 0) is 41.9 Å². The van der Waals surface area contributed by atoms with Gasteiger partial charge in [0.25, 0.3) is 0 Å². The van der Waals surface area contributed by atoms with Gasteiger partial charge in [-0.1, -0.05) is 36.0 Å². The highest BCUT2D eigenvalue weighted by molar-refractivity contribution is 7.99. The van der Waals surface area contributed by atoms with Crippen LogP contribution in [0.25, 0.3) is 11.3 Å². The average molecular weight is 484 g/mol. The van der Waals surface area contributed by atoms with E-state index in [-0.39, 0.29) is 11.5 Å². The molecule has 176 valence electrons. The van der Waals surface area contributed by atoms with E-state index in [4.69, 9.17) is 10.7 Å². The highest BCUT2D eigenvalue weighted by atomic mass is 32.2. The zero-order valence-corrected chi connectivity index (χ0v) is 20.1. The summed E-state index contributed by atoms with van der Waals surface area (Å²) < 4.78 is 0. The molecule has 0 bridgehead atoms. The zero-order valence-electron chi connectivity index (χ0n) is 19.3. The number of H-pyrrole nitrogens is 1. The normalized spacial score (nSPS) is 18.5. The van der Waals surface area contributed by atoms with Crippen molar-refractivity contribution in [3.05, 3.63) is 59.4 Å². The molecule has 1 spiro atoms. The second-order valence-electron chi connectivity index (χ2n) is 9.14. The molecule has 1 fully saturated rings. The van der Waals surface area contributed by atoms with Crippen molar-refractivity contribution in [3.8, 4) is 6.07 Å². The first-order valence-electron chi connectivity index (χ1n) is 11.7. The fourth-order valence-corrected chi connectivity index (χ4v) is 6.21. The van der Waals surface area contributed by atoms with Gasteiger partial charge in [0.15, 0.2) is 11.3 Å². The molecule has 1 aliphatic heterocycles. The van der Waals surface area contributed by atoms with Crippen molar-refractivity contribution in [2.75, 3.05) is 30.4 Å². The van der Waals surface area contributed by atoms with Gasteiger partial charge < -0.3 is 20.9 Å². The Balaban J connectivity index is 1.20. The van der Waals surface area contributed by atoms with Gasteiger partial charge in [-0.25, -0.2) is 15.0 Å². The predicted octanol–water partition coefficient (Wildman–Crippen LogP) is 3.66. The van der Waals surface area contributed by atoms with Crippen molar-refractivity contribution in [3.63, 3.8) is 0 Å². The van der Waals surface area contributed by atoms with E-state index in [1.807, 2.05) is 6.07 Å². The SMILES string of the molecule is CNc1nccc(Sc2cnc3[nH]c(N4CCC5(CC4)Cc4ccccc4[C@H]5N)nc3n2)c1C#N. The molecule has 3 aromatic heterocycles. The van der Waals surface area contributed by atoms with Crippen LogP contribution >= 0.6 is 11.8 Å². The van der Waals surface area contributed by atoms with Crippen LogP contribution in [0, 0.1) is 16.7 Å². The van der Waals surface area contributed by atoms with Crippen molar-refractivity contribution >= 4 is 34.8 Å². The third-order valence-corrected chi connectivity index (χ3v) is 8.27. The molecule has 10 heteroatoms. The number of nitrogens with zero attached hydrogens (tertiary/aromatic N) is 6. The first-order valence-corrected chi connectivity index (χ1v) is 12.5. The minimum atomic E-state index is 0.0920. The number of nitriles is 1. The van der Waals surface area contributed by atoms with Gasteiger partial charge in [0.1, 0.15) is 22.5 Å². The number of nitrogens with two attached hydrogens (primary N) is 1. The lowest BCUT2D eigenvalue weighted by Gasteiger charge is -2.42. The molecule has 0 unspecified atom stereocenters. The predicted molar refractivity (Wildman–Crippen MR) is 135 cm³/mol. The molecule has 9 nitrogen and oxygen atoms in total. The molecular formula is C25H25N9S. The lowest BCUT2D eigenvalue weighted by molar-refractivity contribution is 0.187. The zero-order chi connectivity index (χ0) is 24.0. The first-order chi connectivity index (χ1) is 17.1. The van der Waals surface area contributed by atoms with Crippen LogP contribution in [0.5, 0.6) is 0 Å². The fraction of sp³-hybridized carbons (Fsp3) is 0.320. The Kier molecular flexibility index (Phi) is 5.31. The fourth-order valence-electron chi connectivity index (χ4n) is 5.37. The summed E-state index contributed by atoms with van der Waals surface area (Å²) in [6.45, 7) is 1.77. The number of piperidine rings is 1. The lowest BCUT2D eigenvalue weighted by Crippen LogP contribution is -2.44. The van der Waals surface area contributed by atoms with E-state index in [1.54, 1.807) is 19.4 Å². The Morgan fingerprint density at radius 1 is 1.20 bits per heavy atom. The van der Waals surface area contributed by atoms with Crippen LogP contribution in [-0.4, -0.2) is 45.1 Å². The lowest BCUT2D eigenvalue weighted by atomic mass is 9.73. The standard InChI is InChI=1S/C25H25N9S/c1-28-21-17(13-26)18(6-9-29-21)35-19-14-30-22-23(31-19)33-24(32-22)34-10-7-25(8-11-34)12-15-4-2-3-5-16(15)20(25)27/h2-6,9,14,20H,7-8,10-12,27H2,1H3,(H,28,29)(H,30,31,32,33)/t20-/m1/s1. The largest absolute Gasteiger partial charge is 0.372 e. The maximum Gasteiger partial charge on any atom is 0.206 e. The minimum Gasteiger partial charge on any atom is -0.372 e. The minimum absolute atomic E-state index is 0.0920. The van der Waals surface area contributed by atoms with Crippen LogP contribution in [0.4, 0.5) is 11.8 Å². The van der Waals surface area contributed by atoms with Crippen molar-refractivity contribution in [2.24, 2.45) is 11.1 Å². The molecule has 0 saturated carbocycles. The summed E-state index contributed by atoms with van der Waals surface area (Å²) in [6, 6.07) is 12.7. The highest BCUT2D eigenvalue weighted by Gasteiger charge is 2.46. The van der Waals surface area contributed by atoms with Crippen LogP contribution < -0.4 is 16.0 Å². The van der Waals surface area contributed by atoms with E-state index >= 15 is 0 Å². The van der Waals surface area contributed by atoms with Gasteiger partial charge >= 0.3 is 0 Å². The van der Waals surface area contributed by atoms with Crippen molar-refractivity contribution in [2.45, 2.75) is 35.2 Å². The average Bonchev–Trinajstić information content (AvgIpc) is 3.43. The number of nitrogens with one attached hydrogen (secondary N) is 2. The van der Waals surface area contributed by atoms with Gasteiger partial charge in [0, 0.05) is 37.3 Å². The van der Waals surface area contributed by atoms with E-state index in [0.717, 1.165) is 43.2 Å². The Morgan fingerprint density at radius 2 is 2.03 bits per heavy atom.